The monoisotopic (exact) mass is 476 g/mol. The summed E-state index contributed by atoms with van der Waals surface area (Å²) >= 11 is 0. The molecule has 0 radical (unpaired) electrons. The lowest BCUT2D eigenvalue weighted by Crippen LogP contribution is -2.40. The molecule has 9 heteroatoms. The third-order valence-electron chi connectivity index (χ3n) is 3.41. The van der Waals surface area contributed by atoms with Gasteiger partial charge < -0.3 is 25.1 Å². The molecule has 1 heterocycles. The molecule has 0 aliphatic carbocycles. The first-order valence-electron chi connectivity index (χ1n) is 7.68. The Morgan fingerprint density at radius 3 is 2.58 bits per heavy atom. The Morgan fingerprint density at radius 2 is 2.00 bits per heavy atom. The lowest BCUT2D eigenvalue weighted by atomic mass is 10.3. The van der Waals surface area contributed by atoms with Crippen molar-refractivity contribution in [3.63, 3.8) is 0 Å². The molecule has 2 aromatic rings. The van der Waals surface area contributed by atoms with E-state index in [-0.39, 0.29) is 35.6 Å². The number of hydrogen-bond donors (Lipinski definition) is 2. The molecule has 142 valence electrons. The van der Waals surface area contributed by atoms with E-state index in [4.69, 9.17) is 14.9 Å². The molecule has 2 rings (SSSR count). The van der Waals surface area contributed by atoms with Gasteiger partial charge in [-0.3, -0.25) is 9.79 Å². The Balaban J connectivity index is 0.00000338. The van der Waals surface area contributed by atoms with Crippen LogP contribution < -0.4 is 15.8 Å². The van der Waals surface area contributed by atoms with Crippen LogP contribution in [-0.2, 0) is 6.54 Å². The first kappa shape index (κ1) is 21.7. The highest BCUT2D eigenvalue weighted by molar-refractivity contribution is 14.0. The van der Waals surface area contributed by atoms with Crippen molar-refractivity contribution in [3.05, 3.63) is 53.7 Å². The van der Waals surface area contributed by atoms with Crippen LogP contribution in [0.25, 0.3) is 0 Å². The molecule has 1 aromatic carbocycles. The summed E-state index contributed by atoms with van der Waals surface area (Å²) in [6.45, 7) is 1.35. The molecule has 0 unspecified atom stereocenters. The van der Waals surface area contributed by atoms with Gasteiger partial charge in [0.2, 0.25) is 0 Å². The van der Waals surface area contributed by atoms with Gasteiger partial charge in [-0.15, -0.1) is 24.0 Å². The van der Waals surface area contributed by atoms with Crippen molar-refractivity contribution in [2.24, 2.45) is 10.7 Å². The molecular weight excluding hydrogens is 454 g/mol. The highest BCUT2D eigenvalue weighted by Gasteiger charge is 2.10. The minimum Gasteiger partial charge on any atom is -0.492 e. The number of benzene rings is 1. The highest BCUT2D eigenvalue weighted by Crippen LogP contribution is 2.11. The van der Waals surface area contributed by atoms with Crippen molar-refractivity contribution < 1.29 is 18.3 Å². The van der Waals surface area contributed by atoms with Crippen molar-refractivity contribution >= 4 is 35.8 Å². The van der Waals surface area contributed by atoms with Gasteiger partial charge in [0.25, 0.3) is 5.91 Å². The van der Waals surface area contributed by atoms with E-state index >= 15 is 0 Å². The van der Waals surface area contributed by atoms with Crippen LogP contribution in [0.15, 0.2) is 45.8 Å². The Morgan fingerprint density at radius 1 is 1.31 bits per heavy atom. The van der Waals surface area contributed by atoms with E-state index in [1.165, 1.54) is 18.2 Å². The number of guanidine groups is 1. The van der Waals surface area contributed by atoms with Crippen LogP contribution in [0, 0.1) is 5.82 Å². The number of nitrogens with zero attached hydrogens (tertiary/aromatic N) is 2. The smallest absolute Gasteiger partial charge is 0.284 e. The Bertz CT molecular complexity index is 734. The number of furan rings is 1. The second kappa shape index (κ2) is 10.6. The fourth-order valence-corrected chi connectivity index (χ4v) is 2.09. The van der Waals surface area contributed by atoms with Gasteiger partial charge in [-0.1, -0.05) is 0 Å². The van der Waals surface area contributed by atoms with Gasteiger partial charge in [0.1, 0.15) is 23.9 Å². The molecule has 0 spiro atoms. The van der Waals surface area contributed by atoms with Crippen LogP contribution in [0.3, 0.4) is 0 Å². The number of halogens is 2. The van der Waals surface area contributed by atoms with Gasteiger partial charge in [-0.25, -0.2) is 4.39 Å². The van der Waals surface area contributed by atoms with Gasteiger partial charge >= 0.3 is 0 Å². The number of likely N-dealkylation sites (N-methyl/N-ethyl adjacent to an activating group) is 1. The maximum Gasteiger partial charge on any atom is 0.284 e. The number of primary amides is 1. The summed E-state index contributed by atoms with van der Waals surface area (Å²) in [5.74, 6) is 1.03. The highest BCUT2D eigenvalue weighted by atomic mass is 127. The van der Waals surface area contributed by atoms with Crippen molar-refractivity contribution in [2.45, 2.75) is 6.54 Å². The van der Waals surface area contributed by atoms with Gasteiger partial charge in [0.15, 0.2) is 11.7 Å². The van der Waals surface area contributed by atoms with E-state index in [0.717, 1.165) is 0 Å². The fraction of sp³-hybridized carbons (Fsp3) is 0.294. The number of nitrogens with one attached hydrogen (secondary N) is 1. The van der Waals surface area contributed by atoms with Gasteiger partial charge in [0, 0.05) is 14.1 Å². The van der Waals surface area contributed by atoms with E-state index in [2.05, 4.69) is 10.3 Å². The minimum atomic E-state index is -0.606. The maximum atomic E-state index is 12.8. The maximum absolute atomic E-state index is 12.8. The van der Waals surface area contributed by atoms with Crippen LogP contribution in [-0.4, -0.2) is 44.0 Å². The first-order valence-corrected chi connectivity index (χ1v) is 7.68. The minimum absolute atomic E-state index is 0. The number of nitrogens with two attached hydrogens (primary N) is 1. The molecule has 0 aliphatic rings. The normalized spacial score (nSPS) is 10.8. The first-order chi connectivity index (χ1) is 12.0. The lowest BCUT2D eigenvalue weighted by molar-refractivity contribution is 0.0972. The van der Waals surface area contributed by atoms with Crippen molar-refractivity contribution in [3.8, 4) is 5.75 Å². The molecular formula is C17H22FIN4O3. The number of rotatable bonds is 7. The predicted octanol–water partition coefficient (Wildman–Crippen LogP) is 2.22. The quantitative estimate of drug-likeness (QED) is 0.363. The number of carbonyl (C=O) groups is 1. The average Bonchev–Trinajstić information content (AvgIpc) is 3.06. The Kier molecular flexibility index (Phi) is 8.90. The largest absolute Gasteiger partial charge is 0.492 e. The summed E-state index contributed by atoms with van der Waals surface area (Å²) in [7, 11) is 3.52. The second-order valence-corrected chi connectivity index (χ2v) is 5.25. The van der Waals surface area contributed by atoms with E-state index < -0.39 is 5.91 Å². The number of aliphatic imine (C=N–C) groups is 1. The summed E-state index contributed by atoms with van der Waals surface area (Å²) in [6.07, 6.45) is 0. The molecule has 0 atom stereocenters. The fourth-order valence-electron chi connectivity index (χ4n) is 2.09. The predicted molar refractivity (Wildman–Crippen MR) is 107 cm³/mol. The lowest BCUT2D eigenvalue weighted by Gasteiger charge is -2.21. The molecule has 26 heavy (non-hydrogen) atoms. The van der Waals surface area contributed by atoms with Gasteiger partial charge in [-0.05, 0) is 36.4 Å². The van der Waals surface area contributed by atoms with Crippen molar-refractivity contribution in [1.82, 2.24) is 10.2 Å². The van der Waals surface area contributed by atoms with Crippen LogP contribution in [0.2, 0.25) is 0 Å². The molecule has 0 aliphatic heterocycles. The van der Waals surface area contributed by atoms with E-state index in [0.29, 0.717) is 37.2 Å². The SMILES string of the molecule is CN=C(NCc1ccc(C(N)=O)o1)N(C)CCOc1ccc(F)cc1.I. The molecule has 0 saturated heterocycles. The van der Waals surface area contributed by atoms with Crippen LogP contribution in [0.4, 0.5) is 4.39 Å². The van der Waals surface area contributed by atoms with E-state index in [1.54, 1.807) is 25.2 Å². The molecule has 7 nitrogen and oxygen atoms in total. The summed E-state index contributed by atoms with van der Waals surface area (Å²) in [5.41, 5.74) is 5.15. The number of hydrogen-bond acceptors (Lipinski definition) is 4. The van der Waals surface area contributed by atoms with E-state index in [1.807, 2.05) is 11.9 Å². The zero-order chi connectivity index (χ0) is 18.2. The van der Waals surface area contributed by atoms with Crippen LogP contribution in [0.5, 0.6) is 5.75 Å². The Hall–Kier alpha value is -2.30. The molecule has 0 saturated carbocycles. The van der Waals surface area contributed by atoms with Crippen molar-refractivity contribution in [1.29, 1.82) is 0 Å². The summed E-state index contributed by atoms with van der Waals surface area (Å²) in [4.78, 5) is 17.1. The summed E-state index contributed by atoms with van der Waals surface area (Å²) < 4.78 is 23.7. The number of amides is 1. The topological polar surface area (TPSA) is 93.1 Å². The zero-order valence-corrected chi connectivity index (χ0v) is 16.9. The molecule has 1 amide bonds. The summed E-state index contributed by atoms with van der Waals surface area (Å²) in [5, 5.41) is 3.12. The second-order valence-electron chi connectivity index (χ2n) is 5.25. The number of carbonyl (C=O) groups excluding carboxylic acids is 1. The average molecular weight is 476 g/mol. The van der Waals surface area contributed by atoms with E-state index in [9.17, 15) is 9.18 Å². The zero-order valence-electron chi connectivity index (χ0n) is 14.6. The molecule has 0 fully saturated rings. The Labute approximate surface area is 168 Å². The van der Waals surface area contributed by atoms with Crippen molar-refractivity contribution in [2.75, 3.05) is 27.2 Å². The van der Waals surface area contributed by atoms with Crippen LogP contribution in [0.1, 0.15) is 16.3 Å². The standard InChI is InChI=1S/C17H21FN4O3.HI/c1-20-17(21-11-14-7-8-15(25-14)16(19)23)22(2)9-10-24-13-5-3-12(18)4-6-13;/h3-8H,9-11H2,1-2H3,(H2,19,23)(H,20,21);1H. The van der Waals surface area contributed by atoms with Crippen LogP contribution >= 0.6 is 24.0 Å². The molecule has 1 aromatic heterocycles. The third-order valence-corrected chi connectivity index (χ3v) is 3.41. The summed E-state index contributed by atoms with van der Waals surface area (Å²) in [6, 6.07) is 9.07. The van der Waals surface area contributed by atoms with Gasteiger partial charge in [-0.2, -0.15) is 0 Å². The number of ether oxygens (including phenoxy) is 1. The molecule has 3 N–H and O–H groups in total. The third kappa shape index (κ3) is 6.54. The molecule has 0 bridgehead atoms. The van der Waals surface area contributed by atoms with Gasteiger partial charge in [0.05, 0.1) is 13.1 Å².